The molecule has 0 unspecified atom stereocenters. The van der Waals surface area contributed by atoms with Crippen LogP contribution < -0.4 is 5.32 Å². The minimum absolute atomic E-state index is 0. The number of carbonyl (C=O) groups excluding carboxylic acids is 1. The van der Waals surface area contributed by atoms with Crippen LogP contribution in [-0.2, 0) is 0 Å². The third kappa shape index (κ3) is 3.09. The molecule has 3 rings (SSSR count). The van der Waals surface area contributed by atoms with Crippen molar-refractivity contribution in [2.75, 3.05) is 26.2 Å². The maximum Gasteiger partial charge on any atom is 0.292 e. The molecule has 2 aliphatic rings. The summed E-state index contributed by atoms with van der Waals surface area (Å²) in [4.78, 5) is 14.4. The molecule has 0 bridgehead atoms. The van der Waals surface area contributed by atoms with E-state index in [0.29, 0.717) is 23.5 Å². The molecule has 0 aliphatic carbocycles. The summed E-state index contributed by atoms with van der Waals surface area (Å²) in [6.45, 7) is 8.03. The molecule has 21 heavy (non-hydrogen) atoms. The molecule has 2 saturated heterocycles. The molecular weight excluding hydrogens is 290 g/mol. The Morgan fingerprint density at radius 1 is 1.38 bits per heavy atom. The van der Waals surface area contributed by atoms with Crippen LogP contribution in [0.25, 0.3) is 0 Å². The number of rotatable bonds is 4. The van der Waals surface area contributed by atoms with Gasteiger partial charge in [0.1, 0.15) is 0 Å². The van der Waals surface area contributed by atoms with Crippen molar-refractivity contribution in [2.45, 2.75) is 32.6 Å². The van der Waals surface area contributed by atoms with E-state index in [1.54, 1.807) is 0 Å². The molecule has 1 amide bonds. The number of hydrogen-bond acceptors (Lipinski definition) is 4. The maximum absolute atomic E-state index is 12.5. The van der Waals surface area contributed by atoms with Crippen molar-refractivity contribution in [3.8, 4) is 0 Å². The van der Waals surface area contributed by atoms with E-state index in [1.807, 2.05) is 11.0 Å². The summed E-state index contributed by atoms with van der Waals surface area (Å²) >= 11 is 0. The molecule has 0 saturated carbocycles. The van der Waals surface area contributed by atoms with Crippen LogP contribution in [0.15, 0.2) is 10.6 Å². The first-order valence-corrected chi connectivity index (χ1v) is 7.69. The molecule has 2 fully saturated rings. The summed E-state index contributed by atoms with van der Waals surface area (Å²) < 4.78 is 5.29. The smallest absolute Gasteiger partial charge is 0.292 e. The van der Waals surface area contributed by atoms with Crippen molar-refractivity contribution in [3.05, 3.63) is 17.5 Å². The van der Waals surface area contributed by atoms with Gasteiger partial charge in [0.25, 0.3) is 5.91 Å². The number of likely N-dealkylation sites (tertiary alicyclic amines) is 1. The van der Waals surface area contributed by atoms with E-state index in [4.69, 9.17) is 4.52 Å². The molecule has 2 atom stereocenters. The van der Waals surface area contributed by atoms with Crippen LogP contribution >= 0.6 is 12.4 Å². The number of aromatic nitrogens is 1. The molecule has 1 N–H and O–H groups in total. The number of nitrogens with zero attached hydrogens (tertiary/aromatic N) is 2. The van der Waals surface area contributed by atoms with Crippen LogP contribution in [0.3, 0.4) is 0 Å². The Morgan fingerprint density at radius 2 is 2.00 bits per heavy atom. The van der Waals surface area contributed by atoms with Gasteiger partial charge in [-0.1, -0.05) is 19.0 Å². The number of carbonyl (C=O) groups is 1. The molecule has 118 valence electrons. The molecule has 1 aromatic rings. The largest absolute Gasteiger partial charge is 0.351 e. The van der Waals surface area contributed by atoms with Gasteiger partial charge in [0.15, 0.2) is 0 Å². The standard InChI is InChI=1S/C15H23N3O2.ClH/c1-3-10(4-2)13-5-14(20-17-13)15(19)18-8-11-6-16-7-12(11)9-18;/h5,10-12,16H,3-4,6-9H2,1-2H3;1H/t11-,12+;. The van der Waals surface area contributed by atoms with Crippen LogP contribution in [0, 0.1) is 11.8 Å². The van der Waals surface area contributed by atoms with Crippen molar-refractivity contribution in [3.63, 3.8) is 0 Å². The maximum atomic E-state index is 12.5. The van der Waals surface area contributed by atoms with E-state index in [1.165, 1.54) is 0 Å². The fourth-order valence-corrected chi connectivity index (χ4v) is 3.47. The van der Waals surface area contributed by atoms with Crippen molar-refractivity contribution in [1.29, 1.82) is 0 Å². The van der Waals surface area contributed by atoms with Crippen LogP contribution in [-0.4, -0.2) is 42.1 Å². The topological polar surface area (TPSA) is 58.4 Å². The van der Waals surface area contributed by atoms with E-state index in [9.17, 15) is 4.79 Å². The Labute approximate surface area is 131 Å². The molecule has 1 aromatic heterocycles. The highest BCUT2D eigenvalue weighted by molar-refractivity contribution is 5.91. The summed E-state index contributed by atoms with van der Waals surface area (Å²) in [6.07, 6.45) is 2.05. The summed E-state index contributed by atoms with van der Waals surface area (Å²) in [7, 11) is 0. The van der Waals surface area contributed by atoms with Gasteiger partial charge >= 0.3 is 0 Å². The first-order chi connectivity index (χ1) is 9.72. The zero-order valence-electron chi connectivity index (χ0n) is 12.7. The first kappa shape index (κ1) is 16.3. The minimum Gasteiger partial charge on any atom is -0.351 e. The monoisotopic (exact) mass is 313 g/mol. The van der Waals surface area contributed by atoms with Crippen LogP contribution in [0.2, 0.25) is 0 Å². The van der Waals surface area contributed by atoms with Crippen LogP contribution in [0.4, 0.5) is 0 Å². The van der Waals surface area contributed by atoms with Crippen molar-refractivity contribution in [1.82, 2.24) is 15.4 Å². The Morgan fingerprint density at radius 3 is 2.57 bits per heavy atom. The van der Waals surface area contributed by atoms with Gasteiger partial charge in [0, 0.05) is 38.2 Å². The highest BCUT2D eigenvalue weighted by atomic mass is 35.5. The quantitative estimate of drug-likeness (QED) is 0.926. The Kier molecular flexibility index (Phi) is 5.27. The third-order valence-electron chi connectivity index (χ3n) is 4.82. The third-order valence-corrected chi connectivity index (χ3v) is 4.82. The average molecular weight is 314 g/mol. The predicted molar refractivity (Wildman–Crippen MR) is 82.8 cm³/mol. The summed E-state index contributed by atoms with van der Waals surface area (Å²) in [6, 6.07) is 1.84. The highest BCUT2D eigenvalue weighted by Gasteiger charge is 2.39. The molecule has 0 aromatic carbocycles. The SMILES string of the molecule is CCC(CC)c1cc(C(=O)N2C[C@H]3CNC[C@H]3C2)on1.Cl. The minimum atomic E-state index is 0. The molecular formula is C15H24ClN3O2. The zero-order valence-corrected chi connectivity index (χ0v) is 13.5. The van der Waals surface area contributed by atoms with Gasteiger partial charge in [-0.15, -0.1) is 12.4 Å². The molecule has 3 heterocycles. The van der Waals surface area contributed by atoms with Crippen molar-refractivity contribution in [2.24, 2.45) is 11.8 Å². The van der Waals surface area contributed by atoms with Crippen molar-refractivity contribution >= 4 is 18.3 Å². The lowest BCUT2D eigenvalue weighted by molar-refractivity contribution is 0.0740. The van der Waals surface area contributed by atoms with Crippen LogP contribution in [0.5, 0.6) is 0 Å². The van der Waals surface area contributed by atoms with Gasteiger partial charge < -0.3 is 14.7 Å². The first-order valence-electron chi connectivity index (χ1n) is 7.69. The molecule has 0 radical (unpaired) electrons. The normalized spacial score (nSPS) is 24.2. The van der Waals surface area contributed by atoms with Gasteiger partial charge in [0.2, 0.25) is 5.76 Å². The number of halogens is 1. The second kappa shape index (κ2) is 6.79. The van der Waals surface area contributed by atoms with Gasteiger partial charge in [-0.05, 0) is 24.7 Å². The van der Waals surface area contributed by atoms with Gasteiger partial charge in [-0.25, -0.2) is 0 Å². The summed E-state index contributed by atoms with van der Waals surface area (Å²) in [5.41, 5.74) is 0.916. The Bertz CT molecular complexity index is 475. The fourth-order valence-electron chi connectivity index (χ4n) is 3.47. The van der Waals surface area contributed by atoms with Gasteiger partial charge in [0.05, 0.1) is 5.69 Å². The number of amides is 1. The van der Waals surface area contributed by atoms with E-state index in [2.05, 4.69) is 24.3 Å². The molecule has 5 nitrogen and oxygen atoms in total. The van der Waals surface area contributed by atoms with Gasteiger partial charge in [-0.2, -0.15) is 0 Å². The lowest BCUT2D eigenvalue weighted by atomic mass is 9.99. The van der Waals surface area contributed by atoms with E-state index in [-0.39, 0.29) is 18.3 Å². The number of hydrogen-bond donors (Lipinski definition) is 1. The highest BCUT2D eigenvalue weighted by Crippen LogP contribution is 2.28. The molecule has 6 heteroatoms. The number of fused-ring (bicyclic) bond motifs is 1. The lowest BCUT2D eigenvalue weighted by Gasteiger charge is -2.15. The number of nitrogens with one attached hydrogen (secondary N) is 1. The lowest BCUT2D eigenvalue weighted by Crippen LogP contribution is -2.31. The fraction of sp³-hybridized carbons (Fsp3) is 0.733. The molecule has 0 spiro atoms. The van der Waals surface area contributed by atoms with E-state index < -0.39 is 0 Å². The summed E-state index contributed by atoms with van der Waals surface area (Å²) in [5, 5.41) is 7.47. The predicted octanol–water partition coefficient (Wildman–Crippen LogP) is 2.29. The second-order valence-corrected chi connectivity index (χ2v) is 6.02. The molecule has 2 aliphatic heterocycles. The Balaban J connectivity index is 0.00000161. The average Bonchev–Trinajstić information content (AvgIpc) is 3.14. The second-order valence-electron chi connectivity index (χ2n) is 6.02. The summed E-state index contributed by atoms with van der Waals surface area (Å²) in [5.74, 6) is 2.02. The van der Waals surface area contributed by atoms with E-state index >= 15 is 0 Å². The Hall–Kier alpha value is -1.07. The van der Waals surface area contributed by atoms with E-state index in [0.717, 1.165) is 44.7 Å². The zero-order chi connectivity index (χ0) is 14.1. The van der Waals surface area contributed by atoms with Crippen LogP contribution in [0.1, 0.15) is 48.9 Å². The van der Waals surface area contributed by atoms with Crippen molar-refractivity contribution < 1.29 is 9.32 Å². The van der Waals surface area contributed by atoms with Gasteiger partial charge in [-0.3, -0.25) is 4.79 Å².